The topological polar surface area (TPSA) is 42.0 Å². The highest BCUT2D eigenvalue weighted by Gasteiger charge is 2.30. The summed E-state index contributed by atoms with van der Waals surface area (Å²) in [6.07, 6.45) is 4.23. The van der Waals surface area contributed by atoms with E-state index in [9.17, 15) is 4.79 Å². The number of benzene rings is 3. The number of carbonyl (C=O) groups is 1. The van der Waals surface area contributed by atoms with Crippen LogP contribution in [-0.2, 0) is 24.3 Å². The first kappa shape index (κ1) is 24.4. The summed E-state index contributed by atoms with van der Waals surface area (Å²) in [6, 6.07) is 28.6. The van der Waals surface area contributed by atoms with Crippen LogP contribution in [0.15, 0.2) is 97.3 Å². The van der Waals surface area contributed by atoms with Crippen molar-refractivity contribution < 1.29 is 14.3 Å². The fraction of sp³-hybridized carbons (Fsp3) is 0.300. The second-order valence-electron chi connectivity index (χ2n) is 9.88. The molecule has 0 aromatic heterocycles. The summed E-state index contributed by atoms with van der Waals surface area (Å²) in [7, 11) is 0. The van der Waals surface area contributed by atoms with E-state index in [-0.39, 0.29) is 12.1 Å². The lowest BCUT2D eigenvalue weighted by atomic mass is 10.0. The average molecular weight is 471 g/mol. The maximum absolute atomic E-state index is 13.0. The maximum atomic E-state index is 13.0. The van der Waals surface area contributed by atoms with Crippen molar-refractivity contribution >= 4 is 6.09 Å². The molecule has 0 bridgehead atoms. The monoisotopic (exact) mass is 470 g/mol. The first-order chi connectivity index (χ1) is 16.9. The zero-order valence-corrected chi connectivity index (χ0v) is 20.8. The molecule has 3 aromatic rings. The predicted octanol–water partition coefficient (Wildman–Crippen LogP) is 6.40. The summed E-state index contributed by atoms with van der Waals surface area (Å²) in [6.45, 7) is 7.73. The molecule has 0 aliphatic carbocycles. The van der Waals surface area contributed by atoms with Gasteiger partial charge in [0.15, 0.2) is 0 Å². The Bertz CT molecular complexity index is 1110. The van der Waals surface area contributed by atoms with E-state index in [1.807, 2.05) is 69.6 Å². The van der Waals surface area contributed by atoms with Gasteiger partial charge in [0, 0.05) is 25.5 Å². The van der Waals surface area contributed by atoms with Crippen molar-refractivity contribution in [1.29, 1.82) is 0 Å². The van der Waals surface area contributed by atoms with Gasteiger partial charge in [0.05, 0.1) is 6.04 Å². The highest BCUT2D eigenvalue weighted by Crippen LogP contribution is 2.22. The summed E-state index contributed by atoms with van der Waals surface area (Å²) in [5.74, 6) is 0.829. The van der Waals surface area contributed by atoms with Crippen molar-refractivity contribution in [1.82, 2.24) is 9.80 Å². The van der Waals surface area contributed by atoms with Crippen LogP contribution < -0.4 is 4.74 Å². The minimum Gasteiger partial charge on any atom is -0.489 e. The minimum absolute atomic E-state index is 0.0466. The van der Waals surface area contributed by atoms with Crippen molar-refractivity contribution in [2.24, 2.45) is 0 Å². The van der Waals surface area contributed by atoms with Crippen LogP contribution in [0, 0.1) is 0 Å². The molecule has 0 radical (unpaired) electrons. The molecule has 0 saturated carbocycles. The quantitative estimate of drug-likeness (QED) is 0.401. The fourth-order valence-corrected chi connectivity index (χ4v) is 4.06. The summed E-state index contributed by atoms with van der Waals surface area (Å²) in [5, 5.41) is 0. The van der Waals surface area contributed by atoms with Gasteiger partial charge in [0.25, 0.3) is 0 Å². The molecule has 0 saturated heterocycles. The molecule has 3 aromatic carbocycles. The largest absolute Gasteiger partial charge is 0.489 e. The second-order valence-corrected chi connectivity index (χ2v) is 9.88. The molecule has 5 nitrogen and oxygen atoms in total. The van der Waals surface area contributed by atoms with Gasteiger partial charge in [0.2, 0.25) is 0 Å². The number of nitrogens with zero attached hydrogens (tertiary/aromatic N) is 2. The molecule has 1 aliphatic rings. The van der Waals surface area contributed by atoms with Crippen LogP contribution in [0.3, 0.4) is 0 Å². The van der Waals surface area contributed by atoms with Gasteiger partial charge in [-0.25, -0.2) is 4.79 Å². The number of carbonyl (C=O) groups excluding carboxylic acids is 1. The number of amides is 1. The Labute approximate surface area is 208 Å². The van der Waals surface area contributed by atoms with Gasteiger partial charge in [-0.05, 0) is 56.0 Å². The van der Waals surface area contributed by atoms with E-state index in [2.05, 4.69) is 53.4 Å². The molecule has 1 heterocycles. The highest BCUT2D eigenvalue weighted by molar-refractivity contribution is 5.70. The van der Waals surface area contributed by atoms with E-state index < -0.39 is 5.60 Å². The van der Waals surface area contributed by atoms with Crippen molar-refractivity contribution in [3.05, 3.63) is 114 Å². The Morgan fingerprint density at radius 1 is 0.829 bits per heavy atom. The number of hydrogen-bond acceptors (Lipinski definition) is 4. The van der Waals surface area contributed by atoms with Crippen molar-refractivity contribution in [2.75, 3.05) is 6.54 Å². The third kappa shape index (κ3) is 7.38. The Morgan fingerprint density at radius 2 is 1.46 bits per heavy atom. The Balaban J connectivity index is 1.44. The minimum atomic E-state index is -0.547. The van der Waals surface area contributed by atoms with Gasteiger partial charge in [-0.2, -0.15) is 0 Å². The zero-order valence-electron chi connectivity index (χ0n) is 20.8. The first-order valence-electron chi connectivity index (χ1n) is 12.1. The summed E-state index contributed by atoms with van der Waals surface area (Å²) >= 11 is 0. The van der Waals surface area contributed by atoms with Crippen molar-refractivity contribution in [3.63, 3.8) is 0 Å². The third-order valence-electron chi connectivity index (χ3n) is 5.75. The van der Waals surface area contributed by atoms with Crippen LogP contribution in [0.5, 0.6) is 5.75 Å². The van der Waals surface area contributed by atoms with E-state index in [0.29, 0.717) is 13.0 Å². The van der Waals surface area contributed by atoms with Gasteiger partial charge in [-0.15, -0.1) is 0 Å². The Hall–Kier alpha value is -3.73. The SMILES string of the molecule is CC(C)(C)OC(=O)N1C=CN(Cc2ccccc2)C[C@@H]1Cc1ccc(OCc2ccccc2)cc1. The van der Waals surface area contributed by atoms with E-state index in [1.54, 1.807) is 4.90 Å². The van der Waals surface area contributed by atoms with Gasteiger partial charge in [-0.3, -0.25) is 4.90 Å². The van der Waals surface area contributed by atoms with Gasteiger partial charge in [0.1, 0.15) is 18.0 Å². The van der Waals surface area contributed by atoms with Crippen molar-refractivity contribution in [3.8, 4) is 5.75 Å². The molecular weight excluding hydrogens is 436 g/mol. The lowest BCUT2D eigenvalue weighted by Gasteiger charge is -2.38. The van der Waals surface area contributed by atoms with Crippen molar-refractivity contribution in [2.45, 2.75) is 52.0 Å². The van der Waals surface area contributed by atoms with Crippen LogP contribution in [0.1, 0.15) is 37.5 Å². The van der Waals surface area contributed by atoms with E-state index >= 15 is 0 Å². The van der Waals surface area contributed by atoms with Crippen LogP contribution >= 0.6 is 0 Å². The lowest BCUT2D eigenvalue weighted by molar-refractivity contribution is 0.0216. The predicted molar refractivity (Wildman–Crippen MR) is 139 cm³/mol. The van der Waals surface area contributed by atoms with Crippen LogP contribution in [0.25, 0.3) is 0 Å². The van der Waals surface area contributed by atoms with E-state index in [1.165, 1.54) is 5.56 Å². The van der Waals surface area contributed by atoms with E-state index in [4.69, 9.17) is 9.47 Å². The number of rotatable bonds is 7. The standard InChI is InChI=1S/C30H34N2O3/c1-30(2,3)35-29(33)32-19-18-31(21-25-10-6-4-7-11-25)22-27(32)20-24-14-16-28(17-15-24)34-23-26-12-8-5-9-13-26/h4-19,27H,20-23H2,1-3H3/t27-/m0/s1. The average Bonchev–Trinajstić information content (AvgIpc) is 2.84. The Kier molecular flexibility index (Phi) is 7.76. The third-order valence-corrected chi connectivity index (χ3v) is 5.75. The molecular formula is C30H34N2O3. The molecule has 0 spiro atoms. The van der Waals surface area contributed by atoms with Crippen LogP contribution in [-0.4, -0.2) is 34.1 Å². The first-order valence-corrected chi connectivity index (χ1v) is 12.1. The van der Waals surface area contributed by atoms with Gasteiger partial charge in [-0.1, -0.05) is 72.8 Å². The van der Waals surface area contributed by atoms with Crippen LogP contribution in [0.2, 0.25) is 0 Å². The van der Waals surface area contributed by atoms with Gasteiger partial charge >= 0.3 is 6.09 Å². The Morgan fingerprint density at radius 3 is 2.09 bits per heavy atom. The number of ether oxygens (including phenoxy) is 2. The summed E-state index contributed by atoms with van der Waals surface area (Å²) in [5.41, 5.74) is 2.97. The lowest BCUT2D eigenvalue weighted by Crippen LogP contribution is -2.49. The fourth-order valence-electron chi connectivity index (χ4n) is 4.06. The molecule has 4 rings (SSSR count). The molecule has 0 fully saturated rings. The molecule has 0 unspecified atom stereocenters. The van der Waals surface area contributed by atoms with Crippen LogP contribution in [0.4, 0.5) is 4.79 Å². The normalized spacial score (nSPS) is 15.7. The highest BCUT2D eigenvalue weighted by atomic mass is 16.6. The molecule has 182 valence electrons. The zero-order chi connectivity index (χ0) is 24.7. The molecule has 1 atom stereocenters. The molecule has 35 heavy (non-hydrogen) atoms. The number of hydrogen-bond donors (Lipinski definition) is 0. The molecule has 1 amide bonds. The second kappa shape index (κ2) is 11.1. The molecule has 0 N–H and O–H groups in total. The van der Waals surface area contributed by atoms with Gasteiger partial charge < -0.3 is 14.4 Å². The summed E-state index contributed by atoms with van der Waals surface area (Å²) in [4.78, 5) is 16.9. The summed E-state index contributed by atoms with van der Waals surface area (Å²) < 4.78 is 11.6. The van der Waals surface area contributed by atoms with E-state index in [0.717, 1.165) is 30.0 Å². The smallest absolute Gasteiger partial charge is 0.414 e. The molecule has 1 aliphatic heterocycles. The maximum Gasteiger partial charge on any atom is 0.414 e. The molecule has 5 heteroatoms.